The van der Waals surface area contributed by atoms with Crippen LogP contribution in [0, 0.1) is 0 Å². The number of aliphatic hydroxyl groups is 1. The second kappa shape index (κ2) is 7.79. The van der Waals surface area contributed by atoms with Crippen molar-refractivity contribution in [3.8, 4) is 0 Å². The van der Waals surface area contributed by atoms with Gasteiger partial charge >= 0.3 is 5.97 Å². The van der Waals surface area contributed by atoms with E-state index in [0.717, 1.165) is 5.19 Å². The summed E-state index contributed by atoms with van der Waals surface area (Å²) in [6.07, 6.45) is 0.125. The van der Waals surface area contributed by atoms with Crippen molar-refractivity contribution in [3.05, 3.63) is 53.6 Å². The highest BCUT2D eigenvalue weighted by atomic mass is 28.3. The Balaban J connectivity index is 2.39. The van der Waals surface area contributed by atoms with Crippen LogP contribution in [0.25, 0.3) is 0 Å². The van der Waals surface area contributed by atoms with Gasteiger partial charge in [0.05, 0.1) is 13.6 Å². The van der Waals surface area contributed by atoms with Crippen LogP contribution in [0.2, 0.25) is 32.7 Å². The fourth-order valence-corrected chi connectivity index (χ4v) is 5.17. The fourth-order valence-electron chi connectivity index (χ4n) is 2.57. The van der Waals surface area contributed by atoms with Crippen LogP contribution in [0.3, 0.4) is 0 Å². The summed E-state index contributed by atoms with van der Waals surface area (Å²) in [7, 11) is -3.67. The smallest absolute Gasteiger partial charge is 0.335 e. The van der Waals surface area contributed by atoms with Gasteiger partial charge in [0, 0.05) is 17.5 Å². The molecule has 0 heterocycles. The second-order valence-electron chi connectivity index (χ2n) is 8.43. The molecule has 0 atom stereocenters. The zero-order chi connectivity index (χ0) is 20.4. The van der Waals surface area contributed by atoms with E-state index in [1.54, 1.807) is 12.1 Å². The van der Waals surface area contributed by atoms with Crippen molar-refractivity contribution in [2.24, 2.45) is 0 Å². The van der Waals surface area contributed by atoms with Crippen molar-refractivity contribution < 1.29 is 19.8 Å². The highest BCUT2D eigenvalue weighted by molar-refractivity contribution is 6.92. The van der Waals surface area contributed by atoms with Crippen LogP contribution in [0.15, 0.2) is 42.5 Å². The molecule has 1 amide bonds. The molecule has 0 aromatic heterocycles. The number of aromatic carboxylic acids is 1. The van der Waals surface area contributed by atoms with E-state index in [1.807, 2.05) is 12.1 Å². The van der Waals surface area contributed by atoms with Crippen LogP contribution in [0.1, 0.15) is 20.7 Å². The molecule has 0 saturated carbocycles. The largest absolute Gasteiger partial charge is 0.478 e. The maximum Gasteiger partial charge on any atom is 0.335 e. The third kappa shape index (κ3) is 5.15. The number of hydrogen-bond donors (Lipinski definition) is 3. The number of carboxylic acids is 1. The lowest BCUT2D eigenvalue weighted by Crippen LogP contribution is -2.50. The topological polar surface area (TPSA) is 86.6 Å². The highest BCUT2D eigenvalue weighted by Gasteiger charge is 2.27. The standard InChI is InChI=1S/C20H27NO4Si2/c1-26(2,3)17-10-15(11-18(12-17)27(4,5)13-22)19(23)21-16-8-6-14(7-9-16)20(24)25/h6-12,22H,13H2,1-5H3,(H,21,23)(H,24,25). The Morgan fingerprint density at radius 1 is 0.889 bits per heavy atom. The minimum Gasteiger partial charge on any atom is -0.478 e. The molecule has 0 unspecified atom stereocenters. The Kier molecular flexibility index (Phi) is 6.08. The van der Waals surface area contributed by atoms with Crippen LogP contribution < -0.4 is 15.7 Å². The van der Waals surface area contributed by atoms with Gasteiger partial charge < -0.3 is 15.5 Å². The van der Waals surface area contributed by atoms with Gasteiger partial charge in [0.25, 0.3) is 5.91 Å². The number of rotatable bonds is 6. The molecule has 2 aromatic rings. The number of hydrogen-bond acceptors (Lipinski definition) is 3. The van der Waals surface area contributed by atoms with Crippen LogP contribution in [0.4, 0.5) is 5.69 Å². The van der Waals surface area contributed by atoms with Gasteiger partial charge in [-0.1, -0.05) is 61.3 Å². The lowest BCUT2D eigenvalue weighted by molar-refractivity contribution is 0.0696. The van der Waals surface area contributed by atoms with Crippen LogP contribution >= 0.6 is 0 Å². The van der Waals surface area contributed by atoms with Crippen molar-refractivity contribution in [2.45, 2.75) is 32.7 Å². The quantitative estimate of drug-likeness (QED) is 0.650. The number of carbonyl (C=O) groups excluding carboxylic acids is 1. The summed E-state index contributed by atoms with van der Waals surface area (Å²) in [5.41, 5.74) is 1.29. The number of anilines is 1. The van der Waals surface area contributed by atoms with E-state index < -0.39 is 22.1 Å². The molecule has 2 aromatic carbocycles. The molecule has 0 aliphatic rings. The molecule has 144 valence electrons. The van der Waals surface area contributed by atoms with Crippen molar-refractivity contribution in [1.29, 1.82) is 0 Å². The molecule has 5 nitrogen and oxygen atoms in total. The molecule has 0 fully saturated rings. The number of benzene rings is 2. The number of nitrogens with one attached hydrogen (secondary N) is 1. The molecule has 0 bridgehead atoms. The Morgan fingerprint density at radius 3 is 1.93 bits per heavy atom. The summed E-state index contributed by atoms with van der Waals surface area (Å²) in [4.78, 5) is 23.8. The number of carbonyl (C=O) groups is 2. The van der Waals surface area contributed by atoms with Gasteiger partial charge in [-0.05, 0) is 24.3 Å². The minimum absolute atomic E-state index is 0.125. The van der Waals surface area contributed by atoms with Crippen molar-refractivity contribution in [2.75, 3.05) is 11.5 Å². The third-order valence-corrected chi connectivity index (χ3v) is 9.29. The predicted molar refractivity (Wildman–Crippen MR) is 115 cm³/mol. The van der Waals surface area contributed by atoms with E-state index in [1.165, 1.54) is 17.3 Å². The zero-order valence-corrected chi connectivity index (χ0v) is 18.5. The molecular formula is C20H27NO4Si2. The average Bonchev–Trinajstić information content (AvgIpc) is 2.61. The Morgan fingerprint density at radius 2 is 1.44 bits per heavy atom. The summed E-state index contributed by atoms with van der Waals surface area (Å²) in [6, 6.07) is 12.1. The van der Waals surface area contributed by atoms with Crippen LogP contribution in [-0.4, -0.2) is 44.5 Å². The first kappa shape index (κ1) is 21.1. The van der Waals surface area contributed by atoms with Crippen molar-refractivity contribution >= 4 is 44.1 Å². The second-order valence-corrected chi connectivity index (χ2v) is 18.2. The minimum atomic E-state index is -2.02. The molecule has 0 radical (unpaired) electrons. The monoisotopic (exact) mass is 401 g/mol. The number of amides is 1. The van der Waals surface area contributed by atoms with Gasteiger partial charge in [0.1, 0.15) is 8.07 Å². The van der Waals surface area contributed by atoms with Gasteiger partial charge in [-0.25, -0.2) is 4.79 Å². The molecule has 27 heavy (non-hydrogen) atoms. The normalized spacial score (nSPS) is 11.9. The molecule has 0 saturated heterocycles. The molecule has 7 heteroatoms. The van der Waals surface area contributed by atoms with Crippen LogP contribution in [-0.2, 0) is 0 Å². The fraction of sp³-hybridized carbons (Fsp3) is 0.300. The van der Waals surface area contributed by atoms with Gasteiger partial charge in [-0.3, -0.25) is 4.79 Å². The first-order valence-corrected chi connectivity index (χ1v) is 15.6. The van der Waals surface area contributed by atoms with E-state index in [0.29, 0.717) is 11.3 Å². The summed E-state index contributed by atoms with van der Waals surface area (Å²) in [6.45, 7) is 10.9. The summed E-state index contributed by atoms with van der Waals surface area (Å²) < 4.78 is 0. The Hall–Kier alpha value is -2.23. The van der Waals surface area contributed by atoms with E-state index in [9.17, 15) is 14.7 Å². The average molecular weight is 402 g/mol. The summed E-state index contributed by atoms with van der Waals surface area (Å²) in [5, 5.41) is 23.9. The number of carboxylic acid groups (broad SMARTS) is 1. The van der Waals surface area contributed by atoms with Crippen molar-refractivity contribution in [1.82, 2.24) is 0 Å². The molecule has 0 aliphatic carbocycles. The predicted octanol–water partition coefficient (Wildman–Crippen LogP) is 2.63. The van der Waals surface area contributed by atoms with Gasteiger partial charge in [-0.15, -0.1) is 0 Å². The van der Waals surface area contributed by atoms with E-state index in [-0.39, 0.29) is 17.7 Å². The molecular weight excluding hydrogens is 374 g/mol. The zero-order valence-electron chi connectivity index (χ0n) is 16.5. The highest BCUT2D eigenvalue weighted by Crippen LogP contribution is 2.13. The molecule has 3 N–H and O–H groups in total. The van der Waals surface area contributed by atoms with Gasteiger partial charge in [0.2, 0.25) is 0 Å². The summed E-state index contributed by atoms with van der Waals surface area (Å²) in [5.74, 6) is -1.24. The first-order chi connectivity index (χ1) is 12.4. The lowest BCUT2D eigenvalue weighted by Gasteiger charge is -2.25. The SMILES string of the molecule is C[Si](C)(C)c1cc(C(=O)Nc2ccc(C(=O)O)cc2)cc([Si](C)(C)CO)c1. The molecule has 2 rings (SSSR count). The Labute approximate surface area is 162 Å². The molecule has 0 spiro atoms. The maximum atomic E-state index is 12.8. The molecule has 0 aliphatic heterocycles. The van der Waals surface area contributed by atoms with E-state index in [4.69, 9.17) is 5.11 Å². The first-order valence-electron chi connectivity index (χ1n) is 8.86. The van der Waals surface area contributed by atoms with E-state index in [2.05, 4.69) is 44.1 Å². The van der Waals surface area contributed by atoms with Gasteiger partial charge in [-0.2, -0.15) is 0 Å². The van der Waals surface area contributed by atoms with E-state index >= 15 is 0 Å². The van der Waals surface area contributed by atoms with Gasteiger partial charge in [0.15, 0.2) is 0 Å². The Bertz CT molecular complexity index is 855. The van der Waals surface area contributed by atoms with Crippen molar-refractivity contribution in [3.63, 3.8) is 0 Å². The number of aliphatic hydroxyl groups excluding tert-OH is 1. The maximum absolute atomic E-state index is 12.8. The third-order valence-electron chi connectivity index (χ3n) is 4.63. The summed E-state index contributed by atoms with van der Waals surface area (Å²) >= 11 is 0. The van der Waals surface area contributed by atoms with Crippen LogP contribution in [0.5, 0.6) is 0 Å². The lowest BCUT2D eigenvalue weighted by atomic mass is 10.2.